The van der Waals surface area contributed by atoms with E-state index in [0.717, 1.165) is 19.1 Å². The lowest BCUT2D eigenvalue weighted by Crippen LogP contribution is -2.42. The summed E-state index contributed by atoms with van der Waals surface area (Å²) in [6.45, 7) is 3.72. The van der Waals surface area contributed by atoms with E-state index in [0.29, 0.717) is 24.7 Å². The Bertz CT molecular complexity index is 416. The van der Waals surface area contributed by atoms with Crippen molar-refractivity contribution in [1.29, 1.82) is 0 Å². The molecule has 1 aliphatic heterocycles. The highest BCUT2D eigenvalue weighted by Crippen LogP contribution is 2.43. The largest absolute Gasteiger partial charge is 0.391 e. The minimum absolute atomic E-state index is 0.138. The van der Waals surface area contributed by atoms with Crippen LogP contribution in [0.15, 0.2) is 0 Å². The molecule has 5 heteroatoms. The van der Waals surface area contributed by atoms with Gasteiger partial charge in [0.2, 0.25) is 0 Å². The molecule has 0 N–H and O–H groups in total. The highest BCUT2D eigenvalue weighted by Gasteiger charge is 2.43. The third-order valence-electron chi connectivity index (χ3n) is 7.34. The van der Waals surface area contributed by atoms with Gasteiger partial charge in [-0.3, -0.25) is 0 Å². The van der Waals surface area contributed by atoms with E-state index in [1.807, 2.05) is 0 Å². The summed E-state index contributed by atoms with van der Waals surface area (Å²) in [5.41, 5.74) is 0. The molecule has 3 fully saturated rings. The predicted octanol–water partition coefficient (Wildman–Crippen LogP) is 6.73. The Kier molecular flexibility index (Phi) is 7.90. The van der Waals surface area contributed by atoms with Crippen LogP contribution < -0.4 is 0 Å². The molecular weight excluding hydrogens is 353 g/mol. The second kappa shape index (κ2) is 9.96. The lowest BCUT2D eigenvalue weighted by molar-refractivity contribution is -0.244. The van der Waals surface area contributed by atoms with Gasteiger partial charge in [-0.05, 0) is 50.4 Å². The average Bonchev–Trinajstić information content (AvgIpc) is 2.68. The maximum atomic E-state index is 12.8. The number of unbranched alkanes of at least 4 members (excludes halogenated alkanes) is 2. The van der Waals surface area contributed by atoms with Gasteiger partial charge in [0.15, 0.2) is 6.29 Å². The van der Waals surface area contributed by atoms with Crippen LogP contribution >= 0.6 is 0 Å². The summed E-state index contributed by atoms with van der Waals surface area (Å²) in [5.74, 6) is 1.10. The summed E-state index contributed by atoms with van der Waals surface area (Å²) in [6.07, 6.45) is 7.95. The molecule has 0 atom stereocenters. The maximum absolute atomic E-state index is 12.8. The molecule has 3 rings (SSSR count). The number of rotatable bonds is 6. The van der Waals surface area contributed by atoms with Gasteiger partial charge in [0.25, 0.3) is 0 Å². The van der Waals surface area contributed by atoms with Crippen molar-refractivity contribution in [2.75, 3.05) is 13.2 Å². The summed E-state index contributed by atoms with van der Waals surface area (Å²) in [7, 11) is 0. The van der Waals surface area contributed by atoms with Crippen molar-refractivity contribution in [1.82, 2.24) is 0 Å². The number of hydrogen-bond acceptors (Lipinski definition) is 2. The Morgan fingerprint density at radius 3 is 1.89 bits per heavy atom. The van der Waals surface area contributed by atoms with Crippen LogP contribution in [0.3, 0.4) is 0 Å². The first kappa shape index (κ1) is 21.4. The van der Waals surface area contributed by atoms with Crippen molar-refractivity contribution in [2.45, 2.75) is 96.4 Å². The molecule has 0 unspecified atom stereocenters. The fourth-order valence-electron chi connectivity index (χ4n) is 5.43. The van der Waals surface area contributed by atoms with E-state index in [1.165, 1.54) is 51.4 Å². The molecule has 1 saturated heterocycles. The Labute approximate surface area is 162 Å². The summed E-state index contributed by atoms with van der Waals surface area (Å²) in [4.78, 5) is 0. The lowest BCUT2D eigenvalue weighted by Gasteiger charge is -2.41. The van der Waals surface area contributed by atoms with Crippen molar-refractivity contribution >= 4 is 0 Å². The van der Waals surface area contributed by atoms with E-state index in [4.69, 9.17) is 9.47 Å². The number of hydrogen-bond donors (Lipinski definition) is 0. The van der Waals surface area contributed by atoms with Crippen molar-refractivity contribution in [2.24, 2.45) is 29.6 Å². The van der Waals surface area contributed by atoms with Gasteiger partial charge in [0.1, 0.15) is 0 Å². The van der Waals surface area contributed by atoms with Crippen LogP contribution in [0.5, 0.6) is 0 Å². The van der Waals surface area contributed by atoms with Crippen LogP contribution in [0.4, 0.5) is 13.2 Å². The monoisotopic (exact) mass is 390 g/mol. The van der Waals surface area contributed by atoms with E-state index in [2.05, 4.69) is 6.92 Å². The standard InChI is InChI=1S/C22H37F3O2/c1-2-3-4-5-16-6-8-17(9-7-16)19-14-26-21(27-15-19)18-10-12-20(13-11-18)22(23,24)25/h16-21H,2-15H2,1H3. The van der Waals surface area contributed by atoms with E-state index >= 15 is 0 Å². The van der Waals surface area contributed by atoms with Crippen LogP contribution in [0, 0.1) is 29.6 Å². The average molecular weight is 391 g/mol. The van der Waals surface area contributed by atoms with Gasteiger partial charge in [-0.1, -0.05) is 45.4 Å². The smallest absolute Gasteiger partial charge is 0.352 e. The first-order valence-corrected chi connectivity index (χ1v) is 11.3. The summed E-state index contributed by atoms with van der Waals surface area (Å²) in [5, 5.41) is 0. The van der Waals surface area contributed by atoms with Crippen molar-refractivity contribution in [3.63, 3.8) is 0 Å². The highest BCUT2D eigenvalue weighted by atomic mass is 19.4. The Morgan fingerprint density at radius 2 is 1.33 bits per heavy atom. The molecule has 3 aliphatic rings. The molecular formula is C22H37F3O2. The molecule has 0 bridgehead atoms. The van der Waals surface area contributed by atoms with Gasteiger partial charge in [0, 0.05) is 11.8 Å². The summed E-state index contributed by atoms with van der Waals surface area (Å²) < 4.78 is 50.5. The minimum Gasteiger partial charge on any atom is -0.352 e. The quantitative estimate of drug-likeness (QED) is 0.468. The molecule has 0 aromatic carbocycles. The third kappa shape index (κ3) is 6.09. The number of ether oxygens (including phenoxy) is 2. The van der Waals surface area contributed by atoms with Crippen LogP contribution in [0.2, 0.25) is 0 Å². The van der Waals surface area contributed by atoms with Gasteiger partial charge < -0.3 is 9.47 Å². The molecule has 2 nitrogen and oxygen atoms in total. The van der Waals surface area contributed by atoms with E-state index in [1.54, 1.807) is 0 Å². The zero-order valence-corrected chi connectivity index (χ0v) is 16.8. The lowest BCUT2D eigenvalue weighted by atomic mass is 9.74. The number of alkyl halides is 3. The first-order chi connectivity index (χ1) is 13.0. The minimum atomic E-state index is -4.04. The fraction of sp³-hybridized carbons (Fsp3) is 1.00. The second-order valence-electron chi connectivity index (χ2n) is 9.23. The van der Waals surface area contributed by atoms with Gasteiger partial charge in [-0.15, -0.1) is 0 Å². The Balaban J connectivity index is 1.34. The molecule has 0 aromatic heterocycles. The molecule has 0 spiro atoms. The van der Waals surface area contributed by atoms with E-state index < -0.39 is 12.1 Å². The normalized spacial score (nSPS) is 38.7. The van der Waals surface area contributed by atoms with Gasteiger partial charge in [-0.2, -0.15) is 13.2 Å². The van der Waals surface area contributed by atoms with E-state index in [9.17, 15) is 13.2 Å². The predicted molar refractivity (Wildman–Crippen MR) is 100 cm³/mol. The zero-order valence-electron chi connectivity index (χ0n) is 16.8. The summed E-state index contributed by atoms with van der Waals surface area (Å²) >= 11 is 0. The van der Waals surface area contributed by atoms with Crippen molar-refractivity contribution in [3.8, 4) is 0 Å². The molecule has 2 aliphatic carbocycles. The fourth-order valence-corrected chi connectivity index (χ4v) is 5.43. The van der Waals surface area contributed by atoms with Gasteiger partial charge >= 0.3 is 6.18 Å². The molecule has 0 amide bonds. The first-order valence-electron chi connectivity index (χ1n) is 11.3. The molecule has 0 aromatic rings. The molecule has 158 valence electrons. The SMILES string of the molecule is CCCCCC1CCC(C2COC(C3CCC(C(F)(F)F)CC3)OC2)CC1. The van der Waals surface area contributed by atoms with Crippen LogP contribution in [0.25, 0.3) is 0 Å². The Morgan fingerprint density at radius 1 is 0.741 bits per heavy atom. The third-order valence-corrected chi connectivity index (χ3v) is 7.34. The maximum Gasteiger partial charge on any atom is 0.391 e. The highest BCUT2D eigenvalue weighted by molar-refractivity contribution is 4.83. The topological polar surface area (TPSA) is 18.5 Å². The van der Waals surface area contributed by atoms with Crippen molar-refractivity contribution in [3.05, 3.63) is 0 Å². The molecule has 27 heavy (non-hydrogen) atoms. The summed E-state index contributed by atoms with van der Waals surface area (Å²) in [6, 6.07) is 0. The Hall–Kier alpha value is -0.290. The van der Waals surface area contributed by atoms with Gasteiger partial charge in [-0.25, -0.2) is 0 Å². The van der Waals surface area contributed by atoms with Gasteiger partial charge in [0.05, 0.1) is 19.1 Å². The molecule has 1 heterocycles. The van der Waals surface area contributed by atoms with Crippen LogP contribution in [0.1, 0.15) is 84.0 Å². The van der Waals surface area contributed by atoms with Crippen LogP contribution in [-0.4, -0.2) is 25.7 Å². The zero-order chi connectivity index (χ0) is 19.3. The second-order valence-corrected chi connectivity index (χ2v) is 9.23. The van der Waals surface area contributed by atoms with Crippen molar-refractivity contribution < 1.29 is 22.6 Å². The number of halogens is 3. The molecule has 2 saturated carbocycles. The molecule has 0 radical (unpaired) electrons. The van der Waals surface area contributed by atoms with Crippen LogP contribution in [-0.2, 0) is 9.47 Å². The van der Waals surface area contributed by atoms with E-state index in [-0.39, 0.29) is 25.0 Å².